The number of nitrogens with zero attached hydrogens (tertiary/aromatic N) is 2. The SMILES string of the molecule is COCCN=C(N)c1ncccc1Br. The molecule has 0 aliphatic rings. The fourth-order valence-corrected chi connectivity index (χ4v) is 1.36. The fourth-order valence-electron chi connectivity index (χ4n) is 0.906. The van der Waals surface area contributed by atoms with Crippen molar-refractivity contribution in [1.29, 1.82) is 0 Å². The first-order valence-corrected chi connectivity index (χ1v) is 4.94. The highest BCUT2D eigenvalue weighted by Gasteiger charge is 2.03. The van der Waals surface area contributed by atoms with E-state index in [1.807, 2.05) is 12.1 Å². The first-order chi connectivity index (χ1) is 6.75. The lowest BCUT2D eigenvalue weighted by molar-refractivity contribution is 0.208. The van der Waals surface area contributed by atoms with E-state index in [-0.39, 0.29) is 0 Å². The van der Waals surface area contributed by atoms with Crippen LogP contribution in [-0.2, 0) is 4.74 Å². The highest BCUT2D eigenvalue weighted by molar-refractivity contribution is 9.10. The van der Waals surface area contributed by atoms with E-state index in [2.05, 4.69) is 25.9 Å². The van der Waals surface area contributed by atoms with Crippen molar-refractivity contribution in [2.75, 3.05) is 20.3 Å². The molecule has 0 unspecified atom stereocenters. The molecule has 0 atom stereocenters. The molecule has 0 bridgehead atoms. The summed E-state index contributed by atoms with van der Waals surface area (Å²) in [5.74, 6) is 0.425. The first-order valence-electron chi connectivity index (χ1n) is 4.15. The summed E-state index contributed by atoms with van der Waals surface area (Å²) in [4.78, 5) is 8.24. The zero-order chi connectivity index (χ0) is 10.4. The van der Waals surface area contributed by atoms with Crippen molar-refractivity contribution in [2.24, 2.45) is 10.7 Å². The van der Waals surface area contributed by atoms with Gasteiger partial charge in [0.15, 0.2) is 0 Å². The van der Waals surface area contributed by atoms with Crippen molar-refractivity contribution >= 4 is 21.8 Å². The third kappa shape index (κ3) is 3.08. The van der Waals surface area contributed by atoms with E-state index in [0.717, 1.165) is 4.47 Å². The summed E-state index contributed by atoms with van der Waals surface area (Å²) >= 11 is 3.35. The summed E-state index contributed by atoms with van der Waals surface area (Å²) in [5, 5.41) is 0. The minimum Gasteiger partial charge on any atom is -0.383 e. The molecule has 2 N–H and O–H groups in total. The van der Waals surface area contributed by atoms with Crippen LogP contribution < -0.4 is 5.73 Å². The van der Waals surface area contributed by atoms with Gasteiger partial charge in [-0.2, -0.15) is 0 Å². The van der Waals surface area contributed by atoms with E-state index >= 15 is 0 Å². The van der Waals surface area contributed by atoms with Crippen molar-refractivity contribution < 1.29 is 4.74 Å². The smallest absolute Gasteiger partial charge is 0.145 e. The van der Waals surface area contributed by atoms with Crippen LogP contribution in [0, 0.1) is 0 Å². The van der Waals surface area contributed by atoms with Gasteiger partial charge in [-0.1, -0.05) is 0 Å². The van der Waals surface area contributed by atoms with Crippen molar-refractivity contribution in [3.63, 3.8) is 0 Å². The van der Waals surface area contributed by atoms with Crippen LogP contribution in [0.15, 0.2) is 27.8 Å². The Morgan fingerprint density at radius 3 is 3.14 bits per heavy atom. The zero-order valence-electron chi connectivity index (χ0n) is 7.90. The molecule has 0 saturated heterocycles. The highest BCUT2D eigenvalue weighted by Crippen LogP contribution is 2.12. The molecule has 0 aliphatic carbocycles. The number of pyridine rings is 1. The third-order valence-corrected chi connectivity index (χ3v) is 2.22. The van der Waals surface area contributed by atoms with Crippen molar-refractivity contribution in [3.8, 4) is 0 Å². The number of aliphatic imine (C=N–C) groups is 1. The van der Waals surface area contributed by atoms with Crippen LogP contribution in [0.2, 0.25) is 0 Å². The maximum Gasteiger partial charge on any atom is 0.145 e. The minimum atomic E-state index is 0.425. The second-order valence-corrected chi connectivity index (χ2v) is 3.45. The van der Waals surface area contributed by atoms with Gasteiger partial charge in [0.1, 0.15) is 11.5 Å². The Labute approximate surface area is 91.3 Å². The summed E-state index contributed by atoms with van der Waals surface area (Å²) < 4.78 is 5.71. The number of hydrogen-bond donors (Lipinski definition) is 1. The molecular formula is C9H12BrN3O. The second kappa shape index (κ2) is 5.72. The summed E-state index contributed by atoms with van der Waals surface area (Å²) in [5.41, 5.74) is 6.41. The molecule has 1 heterocycles. The Balaban J connectivity index is 2.73. The molecule has 1 aromatic heterocycles. The third-order valence-electron chi connectivity index (χ3n) is 1.58. The molecule has 0 aliphatic heterocycles. The quantitative estimate of drug-likeness (QED) is 0.501. The molecule has 0 fully saturated rings. The van der Waals surface area contributed by atoms with E-state index < -0.39 is 0 Å². The summed E-state index contributed by atoms with van der Waals surface area (Å²) in [6.45, 7) is 1.11. The van der Waals surface area contributed by atoms with Gasteiger partial charge in [0.25, 0.3) is 0 Å². The lowest BCUT2D eigenvalue weighted by Crippen LogP contribution is -2.17. The van der Waals surface area contributed by atoms with Gasteiger partial charge >= 0.3 is 0 Å². The molecule has 0 spiro atoms. The monoisotopic (exact) mass is 257 g/mol. The Morgan fingerprint density at radius 1 is 1.71 bits per heavy atom. The van der Waals surface area contributed by atoms with E-state index in [1.165, 1.54) is 0 Å². The minimum absolute atomic E-state index is 0.425. The van der Waals surface area contributed by atoms with Gasteiger partial charge in [-0.05, 0) is 28.1 Å². The fraction of sp³-hybridized carbons (Fsp3) is 0.333. The van der Waals surface area contributed by atoms with Gasteiger partial charge in [0.05, 0.1) is 13.2 Å². The number of halogens is 1. The van der Waals surface area contributed by atoms with Gasteiger partial charge in [0.2, 0.25) is 0 Å². The van der Waals surface area contributed by atoms with Crippen LogP contribution in [0.25, 0.3) is 0 Å². The van der Waals surface area contributed by atoms with Crippen LogP contribution >= 0.6 is 15.9 Å². The van der Waals surface area contributed by atoms with Crippen LogP contribution in [0.4, 0.5) is 0 Å². The van der Waals surface area contributed by atoms with Crippen LogP contribution in [0.1, 0.15) is 5.69 Å². The lowest BCUT2D eigenvalue weighted by Gasteiger charge is -2.01. The van der Waals surface area contributed by atoms with E-state index in [0.29, 0.717) is 24.7 Å². The van der Waals surface area contributed by atoms with Gasteiger partial charge in [-0.25, -0.2) is 0 Å². The number of hydrogen-bond acceptors (Lipinski definition) is 3. The largest absolute Gasteiger partial charge is 0.383 e. The van der Waals surface area contributed by atoms with Gasteiger partial charge < -0.3 is 10.5 Å². The predicted octanol–water partition coefficient (Wildman–Crippen LogP) is 1.20. The molecule has 14 heavy (non-hydrogen) atoms. The number of ether oxygens (including phenoxy) is 1. The average molecular weight is 258 g/mol. The molecular weight excluding hydrogens is 246 g/mol. The van der Waals surface area contributed by atoms with Crippen LogP contribution in [-0.4, -0.2) is 31.1 Å². The summed E-state index contributed by atoms with van der Waals surface area (Å²) in [6.07, 6.45) is 1.68. The number of nitrogens with two attached hydrogens (primary N) is 1. The summed E-state index contributed by atoms with van der Waals surface area (Å²) in [6, 6.07) is 3.71. The van der Waals surface area contributed by atoms with Crippen molar-refractivity contribution in [2.45, 2.75) is 0 Å². The average Bonchev–Trinajstić information content (AvgIpc) is 2.18. The molecule has 0 aromatic carbocycles. The highest BCUT2D eigenvalue weighted by atomic mass is 79.9. The molecule has 1 aromatic rings. The standard InChI is InChI=1S/C9H12BrN3O/c1-14-6-5-13-9(11)8-7(10)3-2-4-12-8/h2-4H,5-6H2,1H3,(H2,11,13). The maximum atomic E-state index is 5.74. The Morgan fingerprint density at radius 2 is 2.50 bits per heavy atom. The zero-order valence-corrected chi connectivity index (χ0v) is 9.49. The number of aromatic nitrogens is 1. The van der Waals surface area contributed by atoms with Crippen molar-refractivity contribution in [1.82, 2.24) is 4.98 Å². The van der Waals surface area contributed by atoms with Gasteiger partial charge in [-0.3, -0.25) is 9.98 Å². The van der Waals surface area contributed by atoms with Crippen LogP contribution in [0.3, 0.4) is 0 Å². The Kier molecular flexibility index (Phi) is 4.55. The number of amidine groups is 1. The van der Waals surface area contributed by atoms with E-state index in [4.69, 9.17) is 10.5 Å². The van der Waals surface area contributed by atoms with Crippen molar-refractivity contribution in [3.05, 3.63) is 28.5 Å². The molecule has 5 heteroatoms. The molecule has 0 radical (unpaired) electrons. The molecule has 0 saturated carbocycles. The normalized spacial score (nSPS) is 11.7. The Hall–Kier alpha value is -0.940. The molecule has 0 amide bonds. The second-order valence-electron chi connectivity index (χ2n) is 2.59. The topological polar surface area (TPSA) is 60.5 Å². The molecule has 76 valence electrons. The maximum absolute atomic E-state index is 5.74. The predicted molar refractivity (Wildman–Crippen MR) is 59.4 cm³/mol. The first kappa shape index (κ1) is 11.1. The van der Waals surface area contributed by atoms with E-state index in [9.17, 15) is 0 Å². The van der Waals surface area contributed by atoms with Gasteiger partial charge in [-0.15, -0.1) is 0 Å². The number of methoxy groups -OCH3 is 1. The molecule has 1 rings (SSSR count). The van der Waals surface area contributed by atoms with E-state index in [1.54, 1.807) is 13.3 Å². The summed E-state index contributed by atoms with van der Waals surface area (Å²) in [7, 11) is 1.63. The Bertz CT molecular complexity index is 328. The van der Waals surface area contributed by atoms with Crippen LogP contribution in [0.5, 0.6) is 0 Å². The molecule has 4 nitrogen and oxygen atoms in total. The number of rotatable bonds is 4. The van der Waals surface area contributed by atoms with Gasteiger partial charge in [0, 0.05) is 17.8 Å². The lowest BCUT2D eigenvalue weighted by atomic mass is 10.3.